The SMILES string of the molecule is COc1cccc(C(C)NC(=O)c2cccc3scnc23)c1. The van der Waals surface area contributed by atoms with Gasteiger partial charge in [-0.2, -0.15) is 0 Å². The van der Waals surface area contributed by atoms with Crippen LogP contribution >= 0.6 is 11.3 Å². The van der Waals surface area contributed by atoms with Gasteiger partial charge in [0.2, 0.25) is 0 Å². The molecular formula is C17H16N2O2S. The number of ether oxygens (including phenoxy) is 1. The molecule has 4 nitrogen and oxygen atoms in total. The Hall–Kier alpha value is -2.40. The van der Waals surface area contributed by atoms with Gasteiger partial charge >= 0.3 is 0 Å². The Labute approximate surface area is 132 Å². The molecule has 0 aliphatic rings. The quantitative estimate of drug-likeness (QED) is 0.797. The highest BCUT2D eigenvalue weighted by Crippen LogP contribution is 2.23. The fourth-order valence-electron chi connectivity index (χ4n) is 2.34. The summed E-state index contributed by atoms with van der Waals surface area (Å²) in [6.07, 6.45) is 0. The third-order valence-corrected chi connectivity index (χ3v) is 4.34. The molecule has 5 heteroatoms. The number of fused-ring (bicyclic) bond motifs is 1. The van der Waals surface area contributed by atoms with Crippen LogP contribution in [0.15, 0.2) is 48.0 Å². The lowest BCUT2D eigenvalue weighted by Crippen LogP contribution is -2.26. The maximum atomic E-state index is 12.5. The largest absolute Gasteiger partial charge is 0.497 e. The lowest BCUT2D eigenvalue weighted by atomic mass is 10.1. The van der Waals surface area contributed by atoms with Crippen molar-refractivity contribution in [2.75, 3.05) is 7.11 Å². The van der Waals surface area contributed by atoms with E-state index < -0.39 is 0 Å². The molecule has 0 fully saturated rings. The molecule has 0 bridgehead atoms. The highest BCUT2D eigenvalue weighted by atomic mass is 32.1. The van der Waals surface area contributed by atoms with E-state index in [1.807, 2.05) is 43.3 Å². The number of hydrogen-bond acceptors (Lipinski definition) is 4. The summed E-state index contributed by atoms with van der Waals surface area (Å²) in [5.41, 5.74) is 4.11. The molecule has 1 unspecified atom stereocenters. The number of thiazole rings is 1. The van der Waals surface area contributed by atoms with Crippen LogP contribution in [0, 0.1) is 0 Å². The summed E-state index contributed by atoms with van der Waals surface area (Å²) in [7, 11) is 1.63. The molecule has 3 rings (SSSR count). The van der Waals surface area contributed by atoms with E-state index in [0.29, 0.717) is 5.56 Å². The van der Waals surface area contributed by atoms with E-state index in [1.54, 1.807) is 18.7 Å². The number of aromatic nitrogens is 1. The van der Waals surface area contributed by atoms with Crippen LogP contribution in [0.25, 0.3) is 10.2 Å². The van der Waals surface area contributed by atoms with E-state index in [0.717, 1.165) is 21.5 Å². The Kier molecular flexibility index (Phi) is 4.06. The third kappa shape index (κ3) is 2.80. The second-order valence-corrected chi connectivity index (χ2v) is 5.86. The monoisotopic (exact) mass is 312 g/mol. The maximum absolute atomic E-state index is 12.5. The Balaban J connectivity index is 1.83. The standard InChI is InChI=1S/C17H16N2O2S/c1-11(12-5-3-6-13(9-12)21-2)19-17(20)14-7-4-8-15-16(14)18-10-22-15/h3-11H,1-2H3,(H,19,20). The highest BCUT2D eigenvalue weighted by Gasteiger charge is 2.15. The van der Waals surface area contributed by atoms with E-state index in [1.165, 1.54) is 11.3 Å². The van der Waals surface area contributed by atoms with Crippen molar-refractivity contribution in [1.29, 1.82) is 0 Å². The first-order chi connectivity index (χ1) is 10.7. The molecule has 0 saturated heterocycles. The molecule has 0 radical (unpaired) electrons. The first-order valence-corrected chi connectivity index (χ1v) is 7.84. The van der Waals surface area contributed by atoms with Crippen molar-refractivity contribution < 1.29 is 9.53 Å². The van der Waals surface area contributed by atoms with Gasteiger partial charge in [-0.15, -0.1) is 11.3 Å². The molecule has 1 atom stereocenters. The van der Waals surface area contributed by atoms with Crippen molar-refractivity contribution in [1.82, 2.24) is 10.3 Å². The van der Waals surface area contributed by atoms with Gasteiger partial charge in [-0.3, -0.25) is 4.79 Å². The predicted octanol–water partition coefficient (Wildman–Crippen LogP) is 3.80. The number of rotatable bonds is 4. The molecule has 1 heterocycles. The molecule has 1 amide bonds. The molecule has 3 aromatic rings. The average Bonchev–Trinajstić information content (AvgIpc) is 3.03. The van der Waals surface area contributed by atoms with E-state index >= 15 is 0 Å². The molecule has 0 aliphatic heterocycles. The van der Waals surface area contributed by atoms with Crippen LogP contribution in [-0.4, -0.2) is 18.0 Å². The minimum Gasteiger partial charge on any atom is -0.497 e. The van der Waals surface area contributed by atoms with Gasteiger partial charge in [0.15, 0.2) is 0 Å². The number of methoxy groups -OCH3 is 1. The van der Waals surface area contributed by atoms with Crippen LogP contribution in [0.5, 0.6) is 5.75 Å². The molecule has 1 N–H and O–H groups in total. The Morgan fingerprint density at radius 3 is 2.91 bits per heavy atom. The molecule has 1 aromatic heterocycles. The minimum absolute atomic E-state index is 0.114. The van der Waals surface area contributed by atoms with Crippen LogP contribution < -0.4 is 10.1 Å². The number of para-hydroxylation sites is 1. The zero-order valence-electron chi connectivity index (χ0n) is 12.4. The lowest BCUT2D eigenvalue weighted by Gasteiger charge is -2.15. The van der Waals surface area contributed by atoms with Gasteiger partial charge in [0.25, 0.3) is 5.91 Å². The second kappa shape index (κ2) is 6.15. The van der Waals surface area contributed by atoms with Gasteiger partial charge in [-0.25, -0.2) is 4.98 Å². The van der Waals surface area contributed by atoms with Crippen LogP contribution in [0.4, 0.5) is 0 Å². The molecule has 0 aliphatic carbocycles. The fraction of sp³-hybridized carbons (Fsp3) is 0.176. The summed E-state index contributed by atoms with van der Waals surface area (Å²) < 4.78 is 6.24. The normalized spacial score (nSPS) is 12.1. The fourth-order valence-corrected chi connectivity index (χ4v) is 3.04. The number of benzene rings is 2. The highest BCUT2D eigenvalue weighted by molar-refractivity contribution is 7.16. The zero-order chi connectivity index (χ0) is 15.5. The van der Waals surface area contributed by atoms with E-state index in [-0.39, 0.29) is 11.9 Å². The van der Waals surface area contributed by atoms with Crippen molar-refractivity contribution in [3.8, 4) is 5.75 Å². The van der Waals surface area contributed by atoms with E-state index in [9.17, 15) is 4.79 Å². The van der Waals surface area contributed by atoms with Gasteiger partial charge in [0.05, 0.1) is 34.4 Å². The predicted molar refractivity (Wildman–Crippen MR) is 88.5 cm³/mol. The summed E-state index contributed by atoms with van der Waals surface area (Å²) in [6, 6.07) is 13.2. The number of carbonyl (C=O) groups is 1. The molecule has 0 spiro atoms. The smallest absolute Gasteiger partial charge is 0.253 e. The molecule has 0 saturated carbocycles. The summed E-state index contributed by atoms with van der Waals surface area (Å²) in [6.45, 7) is 1.95. The summed E-state index contributed by atoms with van der Waals surface area (Å²) in [4.78, 5) is 16.8. The first kappa shape index (κ1) is 14.5. The van der Waals surface area contributed by atoms with Gasteiger partial charge in [0.1, 0.15) is 5.75 Å². The molecular weight excluding hydrogens is 296 g/mol. The van der Waals surface area contributed by atoms with Crippen molar-refractivity contribution in [2.45, 2.75) is 13.0 Å². The van der Waals surface area contributed by atoms with Crippen LogP contribution in [0.1, 0.15) is 28.9 Å². The van der Waals surface area contributed by atoms with Crippen molar-refractivity contribution in [2.24, 2.45) is 0 Å². The Morgan fingerprint density at radius 2 is 2.09 bits per heavy atom. The van der Waals surface area contributed by atoms with Crippen LogP contribution in [-0.2, 0) is 0 Å². The van der Waals surface area contributed by atoms with Gasteiger partial charge < -0.3 is 10.1 Å². The Bertz CT molecular complexity index is 813. The van der Waals surface area contributed by atoms with Crippen molar-refractivity contribution in [3.63, 3.8) is 0 Å². The van der Waals surface area contributed by atoms with E-state index in [4.69, 9.17) is 4.74 Å². The number of carbonyl (C=O) groups excluding carboxylic acids is 1. The van der Waals surface area contributed by atoms with Crippen LogP contribution in [0.2, 0.25) is 0 Å². The topological polar surface area (TPSA) is 51.2 Å². The minimum atomic E-state index is -0.119. The van der Waals surface area contributed by atoms with Crippen molar-refractivity contribution >= 4 is 27.5 Å². The number of nitrogens with one attached hydrogen (secondary N) is 1. The number of amides is 1. The third-order valence-electron chi connectivity index (χ3n) is 3.55. The van der Waals surface area contributed by atoms with Crippen molar-refractivity contribution in [3.05, 3.63) is 59.1 Å². The molecule has 2 aromatic carbocycles. The molecule has 22 heavy (non-hydrogen) atoms. The van der Waals surface area contributed by atoms with Gasteiger partial charge in [-0.05, 0) is 36.8 Å². The van der Waals surface area contributed by atoms with Gasteiger partial charge in [0, 0.05) is 0 Å². The maximum Gasteiger partial charge on any atom is 0.253 e. The Morgan fingerprint density at radius 1 is 1.27 bits per heavy atom. The molecule has 112 valence electrons. The average molecular weight is 312 g/mol. The first-order valence-electron chi connectivity index (χ1n) is 6.96. The van der Waals surface area contributed by atoms with Crippen LogP contribution in [0.3, 0.4) is 0 Å². The zero-order valence-corrected chi connectivity index (χ0v) is 13.2. The summed E-state index contributed by atoms with van der Waals surface area (Å²) in [5.74, 6) is 0.659. The van der Waals surface area contributed by atoms with Gasteiger partial charge in [-0.1, -0.05) is 18.2 Å². The number of hydrogen-bond donors (Lipinski definition) is 1. The second-order valence-electron chi connectivity index (χ2n) is 4.98. The van der Waals surface area contributed by atoms with E-state index in [2.05, 4.69) is 10.3 Å². The summed E-state index contributed by atoms with van der Waals surface area (Å²) >= 11 is 1.53. The summed E-state index contributed by atoms with van der Waals surface area (Å²) in [5, 5.41) is 3.02. The number of nitrogens with zero attached hydrogens (tertiary/aromatic N) is 1. The lowest BCUT2D eigenvalue weighted by molar-refractivity contribution is 0.0941.